The molecule has 1 aliphatic heterocycles. The summed E-state index contributed by atoms with van der Waals surface area (Å²) in [5.41, 5.74) is 2.54. The van der Waals surface area contributed by atoms with Crippen LogP contribution in [0.5, 0.6) is 11.5 Å². The van der Waals surface area contributed by atoms with Gasteiger partial charge in [0.05, 0.1) is 6.61 Å². The van der Waals surface area contributed by atoms with Crippen LogP contribution in [0.25, 0.3) is 0 Å². The van der Waals surface area contributed by atoms with Crippen molar-refractivity contribution in [1.29, 1.82) is 0 Å². The van der Waals surface area contributed by atoms with Gasteiger partial charge >= 0.3 is 0 Å². The van der Waals surface area contributed by atoms with Crippen molar-refractivity contribution in [2.24, 2.45) is 5.41 Å². The zero-order valence-electron chi connectivity index (χ0n) is 21.1. The fraction of sp³-hybridized carbons (Fsp3) is 0.571. The van der Waals surface area contributed by atoms with Gasteiger partial charge in [-0.2, -0.15) is 0 Å². The van der Waals surface area contributed by atoms with Crippen LogP contribution in [-0.2, 0) is 10.2 Å². The molecule has 0 aromatic heterocycles. The zero-order chi connectivity index (χ0) is 24.1. The minimum Gasteiger partial charge on any atom is -0.491 e. The van der Waals surface area contributed by atoms with Crippen LogP contribution in [0.2, 0.25) is 0 Å². The molecule has 3 atom stereocenters. The van der Waals surface area contributed by atoms with Crippen molar-refractivity contribution in [3.63, 3.8) is 0 Å². The second kappa shape index (κ2) is 10.9. The number of nitrogens with one attached hydrogen (secondary N) is 1. The lowest BCUT2D eigenvalue weighted by Gasteiger charge is -2.26. The summed E-state index contributed by atoms with van der Waals surface area (Å²) in [6.45, 7) is 15.5. The summed E-state index contributed by atoms with van der Waals surface area (Å²) in [6, 6.07) is 16.8. The molecule has 2 aromatic rings. The third-order valence-corrected chi connectivity index (χ3v) is 6.05. The van der Waals surface area contributed by atoms with Gasteiger partial charge in [-0.05, 0) is 54.2 Å². The zero-order valence-corrected chi connectivity index (χ0v) is 21.1. The highest BCUT2D eigenvalue weighted by atomic mass is 16.6. The maximum absolute atomic E-state index is 10.3. The van der Waals surface area contributed by atoms with E-state index in [0.29, 0.717) is 19.2 Å². The van der Waals surface area contributed by atoms with E-state index in [1.807, 2.05) is 24.3 Å². The Morgan fingerprint density at radius 3 is 1.94 bits per heavy atom. The molecule has 0 bridgehead atoms. The predicted octanol–water partition coefficient (Wildman–Crippen LogP) is 4.94. The van der Waals surface area contributed by atoms with Crippen LogP contribution in [0.1, 0.15) is 59.1 Å². The lowest BCUT2D eigenvalue weighted by molar-refractivity contribution is 0.102. The average Bonchev–Trinajstić information content (AvgIpc) is 3.59. The van der Waals surface area contributed by atoms with E-state index in [1.54, 1.807) is 0 Å². The monoisotopic (exact) mass is 455 g/mol. The topological polar surface area (TPSA) is 63.2 Å². The van der Waals surface area contributed by atoms with Crippen LogP contribution in [0.15, 0.2) is 48.5 Å². The molecule has 1 aliphatic rings. The summed E-state index contributed by atoms with van der Waals surface area (Å²) in [7, 11) is 0. The first-order chi connectivity index (χ1) is 15.5. The first-order valence-electron chi connectivity index (χ1n) is 12.0. The Balaban J connectivity index is 1.48. The fourth-order valence-electron chi connectivity index (χ4n) is 4.04. The highest BCUT2D eigenvalue weighted by molar-refractivity contribution is 5.41. The molecule has 1 saturated heterocycles. The van der Waals surface area contributed by atoms with Crippen molar-refractivity contribution < 1.29 is 19.3 Å². The molecule has 2 N–H and O–H groups in total. The second-order valence-corrected chi connectivity index (χ2v) is 11.0. The molecule has 3 unspecified atom stereocenters. The maximum atomic E-state index is 10.3. The van der Waals surface area contributed by atoms with Crippen molar-refractivity contribution in [1.82, 2.24) is 5.32 Å². The summed E-state index contributed by atoms with van der Waals surface area (Å²) >= 11 is 0. The molecule has 3 rings (SSSR count). The summed E-state index contributed by atoms with van der Waals surface area (Å²) in [5.74, 6) is 1.64. The van der Waals surface area contributed by atoms with E-state index in [4.69, 9.17) is 14.2 Å². The van der Waals surface area contributed by atoms with E-state index in [9.17, 15) is 5.11 Å². The third kappa shape index (κ3) is 8.33. The molecule has 2 aromatic carbocycles. The molecule has 5 nitrogen and oxygen atoms in total. The Bertz CT molecular complexity index is 851. The number of aliphatic hydroxyl groups is 1. The van der Waals surface area contributed by atoms with Gasteiger partial charge in [0, 0.05) is 18.0 Å². The molecular formula is C28H41NO4. The van der Waals surface area contributed by atoms with E-state index < -0.39 is 6.10 Å². The van der Waals surface area contributed by atoms with Gasteiger partial charge in [0.1, 0.15) is 36.9 Å². The van der Waals surface area contributed by atoms with Crippen LogP contribution in [0.3, 0.4) is 0 Å². The lowest BCUT2D eigenvalue weighted by atomic mass is 9.78. The molecule has 33 heavy (non-hydrogen) atoms. The van der Waals surface area contributed by atoms with E-state index in [2.05, 4.69) is 71.1 Å². The summed E-state index contributed by atoms with van der Waals surface area (Å²) in [4.78, 5) is 0. The Morgan fingerprint density at radius 2 is 1.45 bits per heavy atom. The van der Waals surface area contributed by atoms with Crippen LogP contribution in [0, 0.1) is 5.41 Å². The number of ether oxygens (including phenoxy) is 3. The highest BCUT2D eigenvalue weighted by Gasteiger charge is 2.25. The lowest BCUT2D eigenvalue weighted by Crippen LogP contribution is -2.38. The largest absolute Gasteiger partial charge is 0.491 e. The van der Waals surface area contributed by atoms with Gasteiger partial charge < -0.3 is 24.6 Å². The fourth-order valence-corrected chi connectivity index (χ4v) is 4.04. The average molecular weight is 456 g/mol. The molecule has 0 spiro atoms. The Kier molecular flexibility index (Phi) is 8.43. The van der Waals surface area contributed by atoms with Gasteiger partial charge in [-0.15, -0.1) is 0 Å². The van der Waals surface area contributed by atoms with Crippen LogP contribution in [-0.4, -0.2) is 49.7 Å². The SMILES string of the molecule is CC(CC(C)(C)C)NCC(O)COc1ccc(C(C)(C)c2ccc(OCC3CO3)cc2)cc1. The minimum atomic E-state index is -0.546. The number of hydrogen-bond donors (Lipinski definition) is 2. The van der Waals surface area contributed by atoms with Crippen molar-refractivity contribution in [2.45, 2.75) is 71.6 Å². The minimum absolute atomic E-state index is 0.150. The van der Waals surface area contributed by atoms with Gasteiger partial charge in [0.25, 0.3) is 0 Å². The number of aliphatic hydroxyl groups excluding tert-OH is 1. The van der Waals surface area contributed by atoms with Gasteiger partial charge in [0.2, 0.25) is 0 Å². The Hall–Kier alpha value is -2.08. The van der Waals surface area contributed by atoms with E-state index in [-0.39, 0.29) is 23.5 Å². The number of epoxide rings is 1. The molecule has 182 valence electrons. The molecule has 0 radical (unpaired) electrons. The summed E-state index contributed by atoms with van der Waals surface area (Å²) < 4.78 is 16.8. The van der Waals surface area contributed by atoms with Gasteiger partial charge in [-0.25, -0.2) is 0 Å². The maximum Gasteiger partial charge on any atom is 0.119 e. The molecule has 0 aliphatic carbocycles. The van der Waals surface area contributed by atoms with Gasteiger partial charge in [-0.1, -0.05) is 58.9 Å². The number of benzene rings is 2. The first kappa shape index (κ1) is 25.5. The molecular weight excluding hydrogens is 414 g/mol. The summed E-state index contributed by atoms with van der Waals surface area (Å²) in [5, 5.41) is 13.7. The quantitative estimate of drug-likeness (QED) is 0.444. The normalized spacial score (nSPS) is 18.0. The molecule has 1 fully saturated rings. The third-order valence-electron chi connectivity index (χ3n) is 6.05. The van der Waals surface area contributed by atoms with Crippen molar-refractivity contribution >= 4 is 0 Å². The Labute approximate surface area is 199 Å². The van der Waals surface area contributed by atoms with Crippen molar-refractivity contribution in [3.05, 3.63) is 59.7 Å². The van der Waals surface area contributed by atoms with Crippen molar-refractivity contribution in [2.75, 3.05) is 26.4 Å². The Morgan fingerprint density at radius 1 is 0.939 bits per heavy atom. The van der Waals surface area contributed by atoms with Crippen LogP contribution < -0.4 is 14.8 Å². The highest BCUT2D eigenvalue weighted by Crippen LogP contribution is 2.33. The summed E-state index contributed by atoms with van der Waals surface area (Å²) in [6.07, 6.45) is 0.773. The molecule has 5 heteroatoms. The van der Waals surface area contributed by atoms with Gasteiger partial charge in [-0.3, -0.25) is 0 Å². The van der Waals surface area contributed by atoms with E-state index in [1.165, 1.54) is 11.1 Å². The number of hydrogen-bond acceptors (Lipinski definition) is 5. The molecule has 1 heterocycles. The smallest absolute Gasteiger partial charge is 0.119 e. The van der Waals surface area contributed by atoms with Crippen molar-refractivity contribution in [3.8, 4) is 11.5 Å². The van der Waals surface area contributed by atoms with Gasteiger partial charge in [0.15, 0.2) is 0 Å². The van der Waals surface area contributed by atoms with Crippen LogP contribution in [0.4, 0.5) is 0 Å². The second-order valence-electron chi connectivity index (χ2n) is 11.0. The predicted molar refractivity (Wildman–Crippen MR) is 133 cm³/mol. The van der Waals surface area contributed by atoms with Crippen LogP contribution >= 0.6 is 0 Å². The van der Waals surface area contributed by atoms with E-state index in [0.717, 1.165) is 24.5 Å². The standard InChI is InChI=1S/C28H41NO4/c1-20(15-27(2,3)4)29-16-23(30)17-31-24-11-7-21(8-12-24)28(5,6)22-9-13-25(14-10-22)32-18-26-19-33-26/h7-14,20,23,26,29-30H,15-19H2,1-6H3. The molecule has 0 saturated carbocycles. The first-order valence-corrected chi connectivity index (χ1v) is 12.0. The number of rotatable bonds is 12. The molecule has 0 amide bonds. The van der Waals surface area contributed by atoms with E-state index >= 15 is 0 Å².